The molecule has 1 N–H and O–H groups in total. The van der Waals surface area contributed by atoms with E-state index in [1.807, 2.05) is 54.6 Å². The molecule has 2 heterocycles. The third-order valence-electron chi connectivity index (χ3n) is 5.60. The lowest BCUT2D eigenvalue weighted by molar-refractivity contribution is -0.144. The number of aromatic nitrogens is 1. The number of carbonyl (C=O) groups is 1. The first-order chi connectivity index (χ1) is 15.0. The van der Waals surface area contributed by atoms with E-state index in [4.69, 9.17) is 19.2 Å². The van der Waals surface area contributed by atoms with E-state index in [0.717, 1.165) is 22.2 Å². The number of ether oxygens (including phenoxy) is 3. The molecule has 0 bridgehead atoms. The van der Waals surface area contributed by atoms with Crippen LogP contribution in [0.4, 0.5) is 0 Å². The van der Waals surface area contributed by atoms with E-state index in [2.05, 4.69) is 0 Å². The second-order valence-corrected chi connectivity index (χ2v) is 7.60. The maximum Gasteiger partial charge on any atom is 0.377 e. The Balaban J connectivity index is 1.72. The van der Waals surface area contributed by atoms with Crippen LogP contribution in [0.3, 0.4) is 0 Å². The van der Waals surface area contributed by atoms with Gasteiger partial charge in [-0.05, 0) is 19.0 Å². The van der Waals surface area contributed by atoms with E-state index in [-0.39, 0.29) is 12.1 Å². The summed E-state index contributed by atoms with van der Waals surface area (Å²) in [6.45, 7) is 2.05. The number of nitrogens with zero attached hydrogens (tertiary/aromatic N) is 2. The van der Waals surface area contributed by atoms with Crippen molar-refractivity contribution in [3.05, 3.63) is 54.6 Å². The smallest absolute Gasteiger partial charge is 0.377 e. The molecule has 0 amide bonds. The Kier molecular flexibility index (Phi) is 6.11. The van der Waals surface area contributed by atoms with Gasteiger partial charge < -0.3 is 24.0 Å². The Morgan fingerprint density at radius 2 is 1.94 bits per heavy atom. The van der Waals surface area contributed by atoms with E-state index in [1.165, 1.54) is 7.11 Å². The van der Waals surface area contributed by atoms with Gasteiger partial charge in [0.2, 0.25) is 0 Å². The summed E-state index contributed by atoms with van der Waals surface area (Å²) < 4.78 is 16.7. The van der Waals surface area contributed by atoms with Gasteiger partial charge >= 0.3 is 13.0 Å². The fraction of sp³-hybridized carbons (Fsp3) is 0.304. The van der Waals surface area contributed by atoms with Crippen molar-refractivity contribution in [2.24, 2.45) is 0 Å². The van der Waals surface area contributed by atoms with Gasteiger partial charge in [-0.1, -0.05) is 30.3 Å². The first kappa shape index (κ1) is 21.1. The molecule has 3 aromatic rings. The van der Waals surface area contributed by atoms with Crippen molar-refractivity contribution in [2.75, 3.05) is 20.8 Å². The van der Waals surface area contributed by atoms with Gasteiger partial charge in [-0.3, -0.25) is 4.79 Å². The normalized spacial score (nSPS) is 18.7. The molecule has 31 heavy (non-hydrogen) atoms. The summed E-state index contributed by atoms with van der Waals surface area (Å²) in [6, 6.07) is 16.9. The fourth-order valence-corrected chi connectivity index (χ4v) is 4.02. The SMILES string of the molecule is COC(=O)[C@@H]1C[C@@H](Oc2cc(-c3ccccc3)nc3cc(OC)ccc23)CN1B(C)O. The Hall–Kier alpha value is -3.10. The van der Waals surface area contributed by atoms with Crippen LogP contribution in [0.2, 0.25) is 6.82 Å². The summed E-state index contributed by atoms with van der Waals surface area (Å²) in [5.41, 5.74) is 2.51. The topological polar surface area (TPSA) is 81.1 Å². The molecule has 1 fully saturated rings. The highest BCUT2D eigenvalue weighted by atomic mass is 16.5. The standard InChI is InChI=1S/C23H25BN2O5/c1-24(28)26-14-17(12-21(26)23(27)30-3)31-22-13-19(15-7-5-4-6-8-15)25-20-11-16(29-2)9-10-18(20)22/h4-11,13,17,21,28H,12,14H2,1-3H3/t17-,21+/m1/s1. The minimum absolute atomic E-state index is 0.282. The van der Waals surface area contributed by atoms with Gasteiger partial charge in [0, 0.05) is 36.0 Å². The summed E-state index contributed by atoms with van der Waals surface area (Å²) in [5, 5.41) is 11.0. The molecule has 0 radical (unpaired) electrons. The van der Waals surface area contributed by atoms with Gasteiger partial charge in [0.15, 0.2) is 0 Å². The van der Waals surface area contributed by atoms with Crippen LogP contribution in [0.25, 0.3) is 22.2 Å². The van der Waals surface area contributed by atoms with Crippen LogP contribution in [-0.2, 0) is 9.53 Å². The second-order valence-electron chi connectivity index (χ2n) is 7.60. The lowest BCUT2D eigenvalue weighted by atomic mass is 9.84. The van der Waals surface area contributed by atoms with Crippen molar-refractivity contribution in [3.63, 3.8) is 0 Å². The third kappa shape index (κ3) is 4.35. The van der Waals surface area contributed by atoms with Crippen LogP contribution in [0, 0.1) is 0 Å². The zero-order chi connectivity index (χ0) is 22.0. The number of hydrogen-bond acceptors (Lipinski definition) is 7. The van der Waals surface area contributed by atoms with E-state index < -0.39 is 13.1 Å². The zero-order valence-electron chi connectivity index (χ0n) is 17.8. The molecule has 160 valence electrons. The molecule has 4 rings (SSSR count). The lowest BCUT2D eigenvalue weighted by Gasteiger charge is -2.22. The van der Waals surface area contributed by atoms with Crippen molar-refractivity contribution in [3.8, 4) is 22.8 Å². The minimum atomic E-state index is -0.781. The molecule has 1 saturated heterocycles. The molecule has 2 aromatic carbocycles. The number of benzene rings is 2. The number of hydrogen-bond donors (Lipinski definition) is 1. The van der Waals surface area contributed by atoms with Gasteiger partial charge in [-0.25, -0.2) is 4.98 Å². The van der Waals surface area contributed by atoms with Crippen molar-refractivity contribution in [2.45, 2.75) is 25.4 Å². The van der Waals surface area contributed by atoms with Gasteiger partial charge in [0.1, 0.15) is 23.6 Å². The molecule has 8 heteroatoms. The molecule has 0 unspecified atom stereocenters. The Morgan fingerprint density at radius 1 is 1.16 bits per heavy atom. The van der Waals surface area contributed by atoms with Crippen LogP contribution in [0.1, 0.15) is 6.42 Å². The van der Waals surface area contributed by atoms with Crippen LogP contribution in [0.5, 0.6) is 11.5 Å². The molecule has 1 aliphatic heterocycles. The lowest BCUT2D eigenvalue weighted by Crippen LogP contribution is -2.45. The van der Waals surface area contributed by atoms with E-state index >= 15 is 0 Å². The molecule has 0 aliphatic carbocycles. The van der Waals surface area contributed by atoms with Gasteiger partial charge in [0.25, 0.3) is 0 Å². The predicted octanol–water partition coefficient (Wildman–Crippen LogP) is 3.02. The van der Waals surface area contributed by atoms with E-state index in [1.54, 1.807) is 18.7 Å². The molecular weight excluding hydrogens is 395 g/mol. The number of rotatable bonds is 6. The number of pyridine rings is 1. The number of carbonyl (C=O) groups excluding carboxylic acids is 1. The largest absolute Gasteiger partial charge is 0.497 e. The Morgan fingerprint density at radius 3 is 2.61 bits per heavy atom. The average molecular weight is 420 g/mol. The summed E-state index contributed by atoms with van der Waals surface area (Å²) in [6.07, 6.45) is 0.146. The van der Waals surface area contributed by atoms with Crippen molar-refractivity contribution in [1.29, 1.82) is 0 Å². The third-order valence-corrected chi connectivity index (χ3v) is 5.60. The zero-order valence-corrected chi connectivity index (χ0v) is 17.8. The fourth-order valence-electron chi connectivity index (χ4n) is 4.02. The maximum absolute atomic E-state index is 12.2. The molecule has 1 aliphatic rings. The Labute approximate surface area is 181 Å². The second kappa shape index (κ2) is 8.95. The van der Waals surface area contributed by atoms with E-state index in [0.29, 0.717) is 24.5 Å². The molecule has 1 aromatic heterocycles. The molecule has 0 saturated carbocycles. The predicted molar refractivity (Wildman–Crippen MR) is 119 cm³/mol. The van der Waals surface area contributed by atoms with Crippen molar-refractivity contribution < 1.29 is 24.0 Å². The van der Waals surface area contributed by atoms with Crippen LogP contribution < -0.4 is 9.47 Å². The highest BCUT2D eigenvalue weighted by Crippen LogP contribution is 2.34. The van der Waals surface area contributed by atoms with Crippen molar-refractivity contribution in [1.82, 2.24) is 9.79 Å². The Bertz CT molecular complexity index is 1080. The number of esters is 1. The number of methoxy groups -OCH3 is 2. The summed E-state index contributed by atoms with van der Waals surface area (Å²) in [4.78, 5) is 18.7. The summed E-state index contributed by atoms with van der Waals surface area (Å²) in [7, 11) is 2.19. The first-order valence-corrected chi connectivity index (χ1v) is 10.2. The average Bonchev–Trinajstić information content (AvgIpc) is 3.22. The van der Waals surface area contributed by atoms with Crippen LogP contribution in [-0.4, -0.2) is 60.7 Å². The monoisotopic (exact) mass is 420 g/mol. The highest BCUT2D eigenvalue weighted by molar-refractivity contribution is 6.45. The maximum atomic E-state index is 12.2. The molecule has 7 nitrogen and oxygen atoms in total. The summed E-state index contributed by atoms with van der Waals surface area (Å²) >= 11 is 0. The highest BCUT2D eigenvalue weighted by Gasteiger charge is 2.42. The van der Waals surface area contributed by atoms with E-state index in [9.17, 15) is 9.82 Å². The van der Waals surface area contributed by atoms with Gasteiger partial charge in [-0.2, -0.15) is 0 Å². The van der Waals surface area contributed by atoms with Crippen LogP contribution in [0.15, 0.2) is 54.6 Å². The summed E-state index contributed by atoms with van der Waals surface area (Å²) in [5.74, 6) is 1.01. The van der Waals surface area contributed by atoms with Crippen LogP contribution >= 0.6 is 0 Å². The number of fused-ring (bicyclic) bond motifs is 1. The molecular formula is C23H25BN2O5. The van der Waals surface area contributed by atoms with Crippen molar-refractivity contribution >= 4 is 23.9 Å². The quantitative estimate of drug-likeness (QED) is 0.485. The van der Waals surface area contributed by atoms with Gasteiger partial charge in [-0.15, -0.1) is 0 Å². The molecule has 2 atom stereocenters. The van der Waals surface area contributed by atoms with Gasteiger partial charge in [0.05, 0.1) is 25.4 Å². The minimum Gasteiger partial charge on any atom is -0.497 e. The first-order valence-electron chi connectivity index (χ1n) is 10.2. The molecule has 0 spiro atoms.